The predicted octanol–water partition coefficient (Wildman–Crippen LogP) is 4.97. The van der Waals surface area contributed by atoms with Crippen molar-refractivity contribution in [2.45, 2.75) is 0 Å². The number of fused-ring (bicyclic) bond motifs is 1. The molecule has 27 heavy (non-hydrogen) atoms. The summed E-state index contributed by atoms with van der Waals surface area (Å²) in [4.78, 5) is 28.0. The highest BCUT2D eigenvalue weighted by atomic mass is 16.1. The number of aldehydes is 1. The predicted molar refractivity (Wildman–Crippen MR) is 107 cm³/mol. The zero-order valence-electron chi connectivity index (χ0n) is 14.4. The molecule has 0 radical (unpaired) electrons. The third-order valence-corrected chi connectivity index (χ3v) is 4.41. The van der Waals surface area contributed by atoms with E-state index in [4.69, 9.17) is 0 Å². The Morgan fingerprint density at radius 3 is 2.52 bits per heavy atom. The number of carbonyl (C=O) groups excluding carboxylic acids is 2. The van der Waals surface area contributed by atoms with Gasteiger partial charge in [-0.25, -0.2) is 0 Å². The second kappa shape index (κ2) is 7.22. The molecule has 0 aliphatic rings. The van der Waals surface area contributed by atoms with Gasteiger partial charge in [0.05, 0.1) is 5.52 Å². The Hall–Kier alpha value is -3.79. The van der Waals surface area contributed by atoms with Gasteiger partial charge in [-0.05, 0) is 41.5 Å². The molecule has 3 aromatic carbocycles. The number of carbonyl (C=O) groups is 2. The van der Waals surface area contributed by atoms with Crippen molar-refractivity contribution in [1.29, 1.82) is 0 Å². The lowest BCUT2D eigenvalue weighted by molar-refractivity contribution is 0.102. The monoisotopic (exact) mass is 352 g/mol. The van der Waals surface area contributed by atoms with Gasteiger partial charge in [-0.3, -0.25) is 14.6 Å². The summed E-state index contributed by atoms with van der Waals surface area (Å²) in [6.07, 6.45) is 2.56. The van der Waals surface area contributed by atoms with E-state index in [0.29, 0.717) is 16.8 Å². The fourth-order valence-corrected chi connectivity index (χ4v) is 3.01. The van der Waals surface area contributed by atoms with Gasteiger partial charge in [-0.1, -0.05) is 48.5 Å². The van der Waals surface area contributed by atoms with Crippen molar-refractivity contribution in [3.05, 3.63) is 96.2 Å². The van der Waals surface area contributed by atoms with Crippen LogP contribution in [0.1, 0.15) is 20.7 Å². The van der Waals surface area contributed by atoms with E-state index in [1.54, 1.807) is 24.4 Å². The summed E-state index contributed by atoms with van der Waals surface area (Å²) in [5, 5.41) is 3.92. The molecule has 1 amide bonds. The summed E-state index contributed by atoms with van der Waals surface area (Å²) in [7, 11) is 0. The number of benzene rings is 3. The molecule has 0 fully saturated rings. The van der Waals surface area contributed by atoms with E-state index in [1.165, 1.54) is 0 Å². The van der Waals surface area contributed by atoms with E-state index in [9.17, 15) is 9.59 Å². The van der Waals surface area contributed by atoms with Crippen LogP contribution < -0.4 is 5.32 Å². The van der Waals surface area contributed by atoms with Gasteiger partial charge in [-0.2, -0.15) is 0 Å². The van der Waals surface area contributed by atoms with Crippen molar-refractivity contribution in [2.75, 3.05) is 5.32 Å². The number of anilines is 1. The van der Waals surface area contributed by atoms with E-state index < -0.39 is 0 Å². The third-order valence-electron chi connectivity index (χ3n) is 4.41. The minimum absolute atomic E-state index is 0.194. The van der Waals surface area contributed by atoms with Crippen LogP contribution in [-0.2, 0) is 0 Å². The fourth-order valence-electron chi connectivity index (χ4n) is 3.01. The zero-order chi connectivity index (χ0) is 18.6. The molecule has 0 aliphatic carbocycles. The first kappa shape index (κ1) is 16.7. The molecule has 0 unspecified atom stereocenters. The zero-order valence-corrected chi connectivity index (χ0v) is 14.4. The summed E-state index contributed by atoms with van der Waals surface area (Å²) < 4.78 is 0. The number of nitrogens with one attached hydrogen (secondary N) is 1. The van der Waals surface area contributed by atoms with E-state index in [0.717, 1.165) is 28.3 Å². The van der Waals surface area contributed by atoms with E-state index >= 15 is 0 Å². The van der Waals surface area contributed by atoms with Gasteiger partial charge >= 0.3 is 0 Å². The van der Waals surface area contributed by atoms with Crippen LogP contribution in [0.2, 0.25) is 0 Å². The second-order valence-corrected chi connectivity index (χ2v) is 6.15. The van der Waals surface area contributed by atoms with Crippen LogP contribution in [0.15, 0.2) is 85.1 Å². The van der Waals surface area contributed by atoms with Crippen LogP contribution in [-0.4, -0.2) is 17.2 Å². The number of amides is 1. The van der Waals surface area contributed by atoms with Crippen molar-refractivity contribution in [3.63, 3.8) is 0 Å². The molecular formula is C23H16N2O2. The first-order valence-electron chi connectivity index (χ1n) is 8.55. The second-order valence-electron chi connectivity index (χ2n) is 6.15. The van der Waals surface area contributed by atoms with Crippen molar-refractivity contribution in [2.24, 2.45) is 0 Å². The molecule has 0 saturated heterocycles. The number of rotatable bonds is 4. The molecule has 1 aromatic heterocycles. The maximum absolute atomic E-state index is 12.5. The number of nitrogens with zero attached hydrogens (tertiary/aromatic N) is 1. The molecule has 0 atom stereocenters. The minimum Gasteiger partial charge on any atom is -0.322 e. The Morgan fingerprint density at radius 2 is 1.70 bits per heavy atom. The topological polar surface area (TPSA) is 59.1 Å². The average Bonchev–Trinajstić information content (AvgIpc) is 2.73. The maximum atomic E-state index is 12.5. The smallest absolute Gasteiger partial charge is 0.255 e. The van der Waals surface area contributed by atoms with E-state index in [-0.39, 0.29) is 5.91 Å². The van der Waals surface area contributed by atoms with Crippen LogP contribution in [0.3, 0.4) is 0 Å². The van der Waals surface area contributed by atoms with Crippen molar-refractivity contribution < 1.29 is 9.59 Å². The van der Waals surface area contributed by atoms with Crippen LogP contribution in [0.5, 0.6) is 0 Å². The number of pyridine rings is 1. The number of hydrogen-bond donors (Lipinski definition) is 1. The van der Waals surface area contributed by atoms with Crippen molar-refractivity contribution >= 4 is 28.8 Å². The fraction of sp³-hybridized carbons (Fsp3) is 0. The van der Waals surface area contributed by atoms with E-state index in [1.807, 2.05) is 60.7 Å². The molecule has 4 nitrogen and oxygen atoms in total. The van der Waals surface area contributed by atoms with Gasteiger partial charge in [0.2, 0.25) is 0 Å². The Morgan fingerprint density at radius 1 is 0.889 bits per heavy atom. The quantitative estimate of drug-likeness (QED) is 0.528. The lowest BCUT2D eigenvalue weighted by Gasteiger charge is -2.08. The van der Waals surface area contributed by atoms with Crippen LogP contribution >= 0.6 is 0 Å². The largest absolute Gasteiger partial charge is 0.322 e. The first-order valence-corrected chi connectivity index (χ1v) is 8.55. The Labute approximate surface area is 156 Å². The third kappa shape index (κ3) is 3.46. The normalized spacial score (nSPS) is 10.5. The van der Waals surface area contributed by atoms with E-state index in [2.05, 4.69) is 10.3 Å². The highest BCUT2D eigenvalue weighted by Crippen LogP contribution is 2.23. The summed E-state index contributed by atoms with van der Waals surface area (Å²) >= 11 is 0. The average molecular weight is 352 g/mol. The molecule has 4 aromatic rings. The van der Waals surface area contributed by atoms with Gasteiger partial charge in [0, 0.05) is 28.4 Å². The van der Waals surface area contributed by atoms with Crippen molar-refractivity contribution in [1.82, 2.24) is 4.98 Å². The molecule has 4 heteroatoms. The molecule has 0 bridgehead atoms. The van der Waals surface area contributed by atoms with Gasteiger partial charge in [0.1, 0.15) is 0 Å². The molecule has 0 spiro atoms. The van der Waals surface area contributed by atoms with Crippen LogP contribution in [0, 0.1) is 0 Å². The molecule has 130 valence electrons. The van der Waals surface area contributed by atoms with Crippen molar-refractivity contribution in [3.8, 4) is 11.1 Å². The molecule has 4 rings (SSSR count). The van der Waals surface area contributed by atoms with Crippen LogP contribution in [0.4, 0.5) is 5.69 Å². The Bertz CT molecular complexity index is 1130. The number of hydrogen-bond acceptors (Lipinski definition) is 3. The molecular weight excluding hydrogens is 336 g/mol. The summed E-state index contributed by atoms with van der Waals surface area (Å²) in [6.45, 7) is 0. The lowest BCUT2D eigenvalue weighted by Crippen LogP contribution is -2.11. The molecule has 1 heterocycles. The van der Waals surface area contributed by atoms with Gasteiger partial charge in [-0.15, -0.1) is 0 Å². The Balaban J connectivity index is 1.56. The SMILES string of the molecule is O=Cc1ccccc1-c1ccc(C(=O)Nc2ccc3cccnc3c2)cc1. The maximum Gasteiger partial charge on any atom is 0.255 e. The molecule has 1 N–H and O–H groups in total. The number of aromatic nitrogens is 1. The highest BCUT2D eigenvalue weighted by Gasteiger charge is 2.09. The summed E-state index contributed by atoms with van der Waals surface area (Å²) in [5.41, 5.74) is 4.43. The molecule has 0 aliphatic heterocycles. The van der Waals surface area contributed by atoms with Crippen LogP contribution in [0.25, 0.3) is 22.0 Å². The van der Waals surface area contributed by atoms with Gasteiger partial charge < -0.3 is 5.32 Å². The minimum atomic E-state index is -0.194. The highest BCUT2D eigenvalue weighted by molar-refractivity contribution is 6.05. The van der Waals surface area contributed by atoms with Gasteiger partial charge in [0.25, 0.3) is 5.91 Å². The lowest BCUT2D eigenvalue weighted by atomic mass is 9.99. The Kier molecular flexibility index (Phi) is 4.45. The summed E-state index contributed by atoms with van der Waals surface area (Å²) in [6, 6.07) is 24.1. The first-order chi connectivity index (χ1) is 13.2. The van der Waals surface area contributed by atoms with Gasteiger partial charge in [0.15, 0.2) is 6.29 Å². The summed E-state index contributed by atoms with van der Waals surface area (Å²) in [5.74, 6) is -0.194. The molecule has 0 saturated carbocycles. The standard InChI is InChI=1S/C23H16N2O2/c26-15-19-4-1-2-6-21(19)16-7-9-18(10-8-16)23(27)25-20-12-11-17-5-3-13-24-22(17)14-20/h1-15H,(H,25,27).